The van der Waals surface area contributed by atoms with Crippen LogP contribution in [0.2, 0.25) is 0 Å². The van der Waals surface area contributed by atoms with Crippen LogP contribution in [0.4, 0.5) is 5.13 Å². The van der Waals surface area contributed by atoms with Gasteiger partial charge in [0.1, 0.15) is 0 Å². The molecule has 0 aliphatic rings. The summed E-state index contributed by atoms with van der Waals surface area (Å²) in [7, 11) is 5.65. The van der Waals surface area contributed by atoms with Gasteiger partial charge in [-0.25, -0.2) is 4.98 Å². The van der Waals surface area contributed by atoms with Gasteiger partial charge in [0.05, 0.1) is 12.3 Å². The van der Waals surface area contributed by atoms with Crippen molar-refractivity contribution < 1.29 is 4.74 Å². The Kier molecular flexibility index (Phi) is 4.02. The highest BCUT2D eigenvalue weighted by Crippen LogP contribution is 2.26. The van der Waals surface area contributed by atoms with Gasteiger partial charge in [-0.05, 0) is 0 Å². The van der Waals surface area contributed by atoms with Crippen molar-refractivity contribution in [2.45, 2.75) is 12.4 Å². The van der Waals surface area contributed by atoms with Gasteiger partial charge in [0.2, 0.25) is 0 Å². The van der Waals surface area contributed by atoms with Crippen molar-refractivity contribution in [1.29, 1.82) is 0 Å². The smallest absolute Gasteiger partial charge is 0.185 e. The highest BCUT2D eigenvalue weighted by Gasteiger charge is 2.10. The standard InChI is InChI=1S/C8H14N2OS2/c1-10(2)8-9-6(4-11-3)7(5-12)13-8/h12H,4-5H2,1-3H3. The Morgan fingerprint density at radius 2 is 2.23 bits per heavy atom. The zero-order chi connectivity index (χ0) is 9.84. The molecule has 0 amide bonds. The number of hydrogen-bond donors (Lipinski definition) is 1. The molecule has 1 heterocycles. The number of hydrogen-bond acceptors (Lipinski definition) is 5. The van der Waals surface area contributed by atoms with Crippen molar-refractivity contribution in [2.24, 2.45) is 0 Å². The first-order valence-corrected chi connectivity index (χ1v) is 5.39. The van der Waals surface area contributed by atoms with Crippen LogP contribution in [0, 0.1) is 0 Å². The van der Waals surface area contributed by atoms with Crippen LogP contribution in [0.3, 0.4) is 0 Å². The molecule has 0 saturated heterocycles. The fourth-order valence-electron chi connectivity index (χ4n) is 0.934. The zero-order valence-corrected chi connectivity index (χ0v) is 9.78. The van der Waals surface area contributed by atoms with Crippen molar-refractivity contribution in [3.8, 4) is 0 Å². The van der Waals surface area contributed by atoms with Crippen molar-refractivity contribution in [3.05, 3.63) is 10.6 Å². The maximum atomic E-state index is 5.06. The number of anilines is 1. The minimum absolute atomic E-state index is 0.570. The molecule has 3 nitrogen and oxygen atoms in total. The minimum Gasteiger partial charge on any atom is -0.378 e. The monoisotopic (exact) mass is 218 g/mol. The number of aromatic nitrogens is 1. The molecule has 0 radical (unpaired) electrons. The van der Waals surface area contributed by atoms with E-state index >= 15 is 0 Å². The highest BCUT2D eigenvalue weighted by atomic mass is 32.1. The van der Waals surface area contributed by atoms with Crippen LogP contribution in [-0.2, 0) is 17.1 Å². The Morgan fingerprint density at radius 3 is 2.69 bits per heavy atom. The molecule has 1 aromatic heterocycles. The fraction of sp³-hybridized carbons (Fsp3) is 0.625. The molecule has 0 aromatic carbocycles. The Morgan fingerprint density at radius 1 is 1.54 bits per heavy atom. The molecule has 0 atom stereocenters. The van der Waals surface area contributed by atoms with Crippen LogP contribution in [-0.4, -0.2) is 26.2 Å². The molecular formula is C8H14N2OS2. The molecule has 5 heteroatoms. The normalized spacial score (nSPS) is 10.5. The van der Waals surface area contributed by atoms with Crippen molar-refractivity contribution in [2.75, 3.05) is 26.1 Å². The molecule has 0 aliphatic carbocycles. The summed E-state index contributed by atoms with van der Waals surface area (Å²) >= 11 is 5.92. The molecule has 74 valence electrons. The summed E-state index contributed by atoms with van der Waals surface area (Å²) in [6, 6.07) is 0. The number of ether oxygens (including phenoxy) is 1. The van der Waals surface area contributed by atoms with Gasteiger partial charge >= 0.3 is 0 Å². The van der Waals surface area contributed by atoms with E-state index in [-0.39, 0.29) is 0 Å². The maximum absolute atomic E-state index is 5.06. The quantitative estimate of drug-likeness (QED) is 0.780. The van der Waals surface area contributed by atoms with Gasteiger partial charge in [-0.2, -0.15) is 12.6 Å². The van der Waals surface area contributed by atoms with E-state index in [2.05, 4.69) is 17.6 Å². The Balaban J connectivity index is 2.90. The summed E-state index contributed by atoms with van der Waals surface area (Å²) in [5.74, 6) is 0.726. The zero-order valence-electron chi connectivity index (χ0n) is 8.07. The first-order chi connectivity index (χ1) is 6.19. The fourth-order valence-corrected chi connectivity index (χ4v) is 2.16. The predicted molar refractivity (Wildman–Crippen MR) is 59.8 cm³/mol. The number of rotatable bonds is 4. The number of thiol groups is 1. The van der Waals surface area contributed by atoms with Crippen LogP contribution >= 0.6 is 24.0 Å². The third-order valence-corrected chi connectivity index (χ3v) is 3.37. The van der Waals surface area contributed by atoms with Crippen LogP contribution < -0.4 is 4.90 Å². The topological polar surface area (TPSA) is 25.4 Å². The van der Waals surface area contributed by atoms with E-state index in [1.54, 1.807) is 18.4 Å². The van der Waals surface area contributed by atoms with Crippen molar-refractivity contribution in [3.63, 3.8) is 0 Å². The number of methoxy groups -OCH3 is 1. The average molecular weight is 218 g/mol. The summed E-state index contributed by atoms with van der Waals surface area (Å²) in [6.07, 6.45) is 0. The molecule has 0 fully saturated rings. The molecule has 13 heavy (non-hydrogen) atoms. The van der Waals surface area contributed by atoms with Gasteiger partial charge in [0, 0.05) is 31.8 Å². The van der Waals surface area contributed by atoms with E-state index < -0.39 is 0 Å². The molecular weight excluding hydrogens is 204 g/mol. The second kappa shape index (κ2) is 4.83. The van der Waals surface area contributed by atoms with Gasteiger partial charge in [0.15, 0.2) is 5.13 Å². The van der Waals surface area contributed by atoms with E-state index in [1.165, 1.54) is 4.88 Å². The summed E-state index contributed by atoms with van der Waals surface area (Å²) in [4.78, 5) is 7.63. The number of nitrogens with zero attached hydrogens (tertiary/aromatic N) is 2. The average Bonchev–Trinajstić information content (AvgIpc) is 2.48. The van der Waals surface area contributed by atoms with E-state index in [0.717, 1.165) is 16.6 Å². The lowest BCUT2D eigenvalue weighted by Crippen LogP contribution is -2.08. The molecule has 0 aliphatic heterocycles. The summed E-state index contributed by atoms with van der Waals surface area (Å²) < 4.78 is 5.06. The minimum atomic E-state index is 0.570. The maximum Gasteiger partial charge on any atom is 0.185 e. The molecule has 0 N–H and O–H groups in total. The third kappa shape index (κ3) is 2.59. The van der Waals surface area contributed by atoms with Crippen LogP contribution in [0.5, 0.6) is 0 Å². The van der Waals surface area contributed by atoms with Gasteiger partial charge in [0.25, 0.3) is 0 Å². The predicted octanol–water partition coefficient (Wildman–Crippen LogP) is 1.79. The second-order valence-corrected chi connectivity index (χ2v) is 4.23. The van der Waals surface area contributed by atoms with E-state index in [9.17, 15) is 0 Å². The lowest BCUT2D eigenvalue weighted by atomic mass is 10.4. The lowest BCUT2D eigenvalue weighted by Gasteiger charge is -2.05. The van der Waals surface area contributed by atoms with Crippen LogP contribution in [0.1, 0.15) is 10.6 Å². The van der Waals surface area contributed by atoms with E-state index in [0.29, 0.717) is 6.61 Å². The summed E-state index contributed by atoms with van der Waals surface area (Å²) in [6.45, 7) is 0.570. The van der Waals surface area contributed by atoms with Crippen molar-refractivity contribution >= 4 is 29.1 Å². The van der Waals surface area contributed by atoms with Gasteiger partial charge < -0.3 is 9.64 Å². The van der Waals surface area contributed by atoms with Gasteiger partial charge in [-0.15, -0.1) is 11.3 Å². The summed E-state index contributed by atoms with van der Waals surface area (Å²) in [5, 5.41) is 1.01. The SMILES string of the molecule is COCc1nc(N(C)C)sc1CS. The lowest BCUT2D eigenvalue weighted by molar-refractivity contribution is 0.181. The third-order valence-electron chi connectivity index (χ3n) is 1.57. The first kappa shape index (κ1) is 10.8. The Hall–Kier alpha value is -0.260. The summed E-state index contributed by atoms with van der Waals surface area (Å²) in [5.41, 5.74) is 1.01. The largest absolute Gasteiger partial charge is 0.378 e. The number of thiazole rings is 1. The molecule has 0 unspecified atom stereocenters. The first-order valence-electron chi connectivity index (χ1n) is 3.94. The molecule has 0 spiro atoms. The second-order valence-electron chi connectivity index (χ2n) is 2.85. The van der Waals surface area contributed by atoms with Gasteiger partial charge in [-0.3, -0.25) is 0 Å². The van der Waals surface area contributed by atoms with Crippen LogP contribution in [0.15, 0.2) is 0 Å². The van der Waals surface area contributed by atoms with Crippen LogP contribution in [0.25, 0.3) is 0 Å². The Labute approximate surface area is 88.1 Å². The van der Waals surface area contributed by atoms with E-state index in [4.69, 9.17) is 4.74 Å². The molecule has 0 saturated carbocycles. The highest BCUT2D eigenvalue weighted by molar-refractivity contribution is 7.79. The Bertz CT molecular complexity index is 273. The van der Waals surface area contributed by atoms with E-state index in [1.807, 2.05) is 19.0 Å². The van der Waals surface area contributed by atoms with Gasteiger partial charge in [-0.1, -0.05) is 0 Å². The molecule has 1 aromatic rings. The van der Waals surface area contributed by atoms with Crippen molar-refractivity contribution in [1.82, 2.24) is 4.98 Å². The molecule has 0 bridgehead atoms. The molecule has 1 rings (SSSR count).